The Morgan fingerprint density at radius 2 is 2.07 bits per heavy atom. The zero-order valence-corrected chi connectivity index (χ0v) is 16.9. The van der Waals surface area contributed by atoms with E-state index in [1.807, 2.05) is 36.6 Å². The lowest BCUT2D eigenvalue weighted by Gasteiger charge is -2.16. The molecule has 3 aromatic rings. The van der Waals surface area contributed by atoms with E-state index in [-0.39, 0.29) is 11.8 Å². The summed E-state index contributed by atoms with van der Waals surface area (Å²) in [5, 5.41) is 5.87. The van der Waals surface area contributed by atoms with Crippen LogP contribution in [-0.2, 0) is 11.4 Å². The number of hydrogen-bond donors (Lipinski definition) is 1. The number of amides is 2. The number of ether oxygens (including phenoxy) is 1. The van der Waals surface area contributed by atoms with Crippen LogP contribution in [0.5, 0.6) is 5.75 Å². The summed E-state index contributed by atoms with van der Waals surface area (Å²) in [6, 6.07) is 14.4. The van der Waals surface area contributed by atoms with E-state index >= 15 is 0 Å². The quantitative estimate of drug-likeness (QED) is 0.657. The molecule has 0 aliphatic carbocycles. The van der Waals surface area contributed by atoms with Gasteiger partial charge in [-0.2, -0.15) is 0 Å². The molecule has 0 bridgehead atoms. The summed E-state index contributed by atoms with van der Waals surface area (Å²) in [5.41, 5.74) is 2.90. The van der Waals surface area contributed by atoms with Crippen molar-refractivity contribution in [3.05, 3.63) is 70.2 Å². The largest absolute Gasteiger partial charge is 0.487 e. The van der Waals surface area contributed by atoms with Gasteiger partial charge in [0.25, 0.3) is 5.91 Å². The van der Waals surface area contributed by atoms with Crippen molar-refractivity contribution in [2.45, 2.75) is 26.4 Å². The molecule has 2 heterocycles. The van der Waals surface area contributed by atoms with E-state index in [2.05, 4.69) is 10.3 Å². The van der Waals surface area contributed by atoms with Gasteiger partial charge in [-0.3, -0.25) is 9.59 Å². The zero-order valence-electron chi connectivity index (χ0n) is 16.1. The summed E-state index contributed by atoms with van der Waals surface area (Å²) in [6.45, 7) is 3.08. The highest BCUT2D eigenvalue weighted by Crippen LogP contribution is 2.24. The van der Waals surface area contributed by atoms with E-state index < -0.39 is 0 Å². The van der Waals surface area contributed by atoms with Crippen molar-refractivity contribution in [1.82, 2.24) is 4.98 Å². The minimum absolute atomic E-state index is 0.122. The Morgan fingerprint density at radius 1 is 1.24 bits per heavy atom. The molecule has 0 atom stereocenters. The molecule has 4 rings (SSSR count). The topological polar surface area (TPSA) is 71.5 Å². The Kier molecular flexibility index (Phi) is 5.57. The van der Waals surface area contributed by atoms with E-state index in [9.17, 15) is 9.59 Å². The number of benzene rings is 2. The number of nitrogens with one attached hydrogen (secondary N) is 1. The van der Waals surface area contributed by atoms with Crippen LogP contribution in [0, 0.1) is 6.92 Å². The molecule has 0 unspecified atom stereocenters. The first-order valence-electron chi connectivity index (χ1n) is 9.44. The molecular weight excluding hydrogens is 386 g/mol. The molecule has 1 aromatic heterocycles. The van der Waals surface area contributed by atoms with Crippen LogP contribution in [-0.4, -0.2) is 23.3 Å². The van der Waals surface area contributed by atoms with Crippen LogP contribution in [0.2, 0.25) is 0 Å². The van der Waals surface area contributed by atoms with E-state index in [0.717, 1.165) is 29.4 Å². The van der Waals surface area contributed by atoms with Crippen LogP contribution in [0.25, 0.3) is 0 Å². The second-order valence-corrected chi connectivity index (χ2v) is 7.89. The highest BCUT2D eigenvalue weighted by molar-refractivity contribution is 7.09. The molecule has 29 heavy (non-hydrogen) atoms. The van der Waals surface area contributed by atoms with Gasteiger partial charge < -0.3 is 15.0 Å². The molecule has 1 aliphatic rings. The third-order valence-electron chi connectivity index (χ3n) is 4.66. The lowest BCUT2D eigenvalue weighted by molar-refractivity contribution is -0.117. The average Bonchev–Trinajstić information content (AvgIpc) is 3.35. The van der Waals surface area contributed by atoms with Gasteiger partial charge in [0.05, 0.1) is 10.7 Å². The zero-order chi connectivity index (χ0) is 20.2. The van der Waals surface area contributed by atoms with Crippen LogP contribution < -0.4 is 15.0 Å². The summed E-state index contributed by atoms with van der Waals surface area (Å²) in [7, 11) is 0. The van der Waals surface area contributed by atoms with Gasteiger partial charge in [0.1, 0.15) is 12.4 Å². The Morgan fingerprint density at radius 3 is 2.76 bits per heavy atom. The predicted octanol–water partition coefficient (Wildman–Crippen LogP) is 4.41. The van der Waals surface area contributed by atoms with Gasteiger partial charge in [-0.1, -0.05) is 6.07 Å². The molecule has 2 aromatic carbocycles. The first-order valence-corrected chi connectivity index (χ1v) is 10.3. The fourth-order valence-electron chi connectivity index (χ4n) is 3.21. The SMILES string of the molecule is Cc1nc(COc2ccc(C(=O)Nc3cccc(N4CCCC4=O)c3)cc2)cs1. The molecule has 1 fully saturated rings. The fourth-order valence-corrected chi connectivity index (χ4v) is 3.81. The second kappa shape index (κ2) is 8.45. The Hall–Kier alpha value is -3.19. The summed E-state index contributed by atoms with van der Waals surface area (Å²) < 4.78 is 5.72. The number of carbonyl (C=O) groups is 2. The fraction of sp³-hybridized carbons (Fsp3) is 0.227. The van der Waals surface area contributed by atoms with E-state index in [1.165, 1.54) is 0 Å². The summed E-state index contributed by atoms with van der Waals surface area (Å²) in [4.78, 5) is 30.6. The minimum Gasteiger partial charge on any atom is -0.487 e. The van der Waals surface area contributed by atoms with Gasteiger partial charge in [-0.15, -0.1) is 11.3 Å². The summed E-state index contributed by atoms with van der Waals surface area (Å²) in [6.07, 6.45) is 1.44. The normalized spacial score (nSPS) is 13.6. The van der Waals surface area contributed by atoms with E-state index in [0.29, 0.717) is 30.0 Å². The number of aromatic nitrogens is 1. The van der Waals surface area contributed by atoms with Gasteiger partial charge in [-0.05, 0) is 55.8 Å². The standard InChI is InChI=1S/C22H21N3O3S/c1-15-23-18(14-29-15)13-28-20-9-7-16(8-10-20)22(27)24-17-4-2-5-19(12-17)25-11-3-6-21(25)26/h2,4-5,7-10,12,14H,3,6,11,13H2,1H3,(H,24,27). The lowest BCUT2D eigenvalue weighted by Crippen LogP contribution is -2.23. The molecule has 0 saturated carbocycles. The summed E-state index contributed by atoms with van der Waals surface area (Å²) in [5.74, 6) is 0.593. The van der Waals surface area contributed by atoms with Gasteiger partial charge >= 0.3 is 0 Å². The van der Waals surface area contributed by atoms with Crippen molar-refractivity contribution in [2.24, 2.45) is 0 Å². The molecule has 7 heteroatoms. The number of rotatable bonds is 6. The molecule has 2 amide bonds. The molecule has 0 spiro atoms. The highest BCUT2D eigenvalue weighted by Gasteiger charge is 2.21. The first kappa shape index (κ1) is 19.1. The van der Waals surface area contributed by atoms with E-state index in [1.54, 1.807) is 40.5 Å². The first-order chi connectivity index (χ1) is 14.1. The van der Waals surface area contributed by atoms with Gasteiger partial charge in [0.2, 0.25) is 5.91 Å². The van der Waals surface area contributed by atoms with Crippen molar-refractivity contribution in [3.8, 4) is 5.75 Å². The van der Waals surface area contributed by atoms with Gasteiger partial charge in [0, 0.05) is 35.3 Å². The summed E-state index contributed by atoms with van der Waals surface area (Å²) >= 11 is 1.59. The van der Waals surface area contributed by atoms with Crippen LogP contribution in [0.4, 0.5) is 11.4 Å². The smallest absolute Gasteiger partial charge is 0.255 e. The third kappa shape index (κ3) is 4.63. The van der Waals surface area contributed by atoms with Crippen molar-refractivity contribution in [2.75, 3.05) is 16.8 Å². The number of hydrogen-bond acceptors (Lipinski definition) is 5. The molecule has 1 saturated heterocycles. The van der Waals surface area contributed by atoms with Crippen molar-refractivity contribution < 1.29 is 14.3 Å². The average molecular weight is 407 g/mol. The minimum atomic E-state index is -0.212. The number of anilines is 2. The number of carbonyl (C=O) groups excluding carboxylic acids is 2. The molecule has 1 N–H and O–H groups in total. The Balaban J connectivity index is 1.37. The Bertz CT molecular complexity index is 1030. The molecule has 1 aliphatic heterocycles. The molecule has 6 nitrogen and oxygen atoms in total. The molecular formula is C22H21N3O3S. The maximum Gasteiger partial charge on any atom is 0.255 e. The van der Waals surface area contributed by atoms with Gasteiger partial charge in [-0.25, -0.2) is 4.98 Å². The van der Waals surface area contributed by atoms with Crippen molar-refractivity contribution >= 4 is 34.5 Å². The third-order valence-corrected chi connectivity index (χ3v) is 5.48. The Labute approximate surface area is 173 Å². The van der Waals surface area contributed by atoms with Crippen LogP contribution in [0.15, 0.2) is 53.9 Å². The van der Waals surface area contributed by atoms with Crippen LogP contribution >= 0.6 is 11.3 Å². The number of nitrogens with zero attached hydrogens (tertiary/aromatic N) is 2. The number of aryl methyl sites for hydroxylation is 1. The maximum atomic E-state index is 12.6. The highest BCUT2D eigenvalue weighted by atomic mass is 32.1. The van der Waals surface area contributed by atoms with Crippen molar-refractivity contribution in [3.63, 3.8) is 0 Å². The van der Waals surface area contributed by atoms with Crippen LogP contribution in [0.1, 0.15) is 33.9 Å². The lowest BCUT2D eigenvalue weighted by atomic mass is 10.2. The maximum absolute atomic E-state index is 12.6. The number of thiazole rings is 1. The van der Waals surface area contributed by atoms with Crippen molar-refractivity contribution in [1.29, 1.82) is 0 Å². The second-order valence-electron chi connectivity index (χ2n) is 6.82. The molecule has 148 valence electrons. The van der Waals surface area contributed by atoms with Gasteiger partial charge in [0.15, 0.2) is 0 Å². The monoisotopic (exact) mass is 407 g/mol. The van der Waals surface area contributed by atoms with Crippen LogP contribution in [0.3, 0.4) is 0 Å². The predicted molar refractivity (Wildman–Crippen MR) is 114 cm³/mol. The molecule has 0 radical (unpaired) electrons. The van der Waals surface area contributed by atoms with E-state index in [4.69, 9.17) is 4.74 Å².